The Balaban J connectivity index is 0.00000242. The van der Waals surface area contributed by atoms with E-state index in [9.17, 15) is 0 Å². The van der Waals surface area contributed by atoms with Crippen molar-refractivity contribution in [3.8, 4) is 5.75 Å². The Kier molecular flexibility index (Phi) is 8.60. The molecule has 1 saturated heterocycles. The van der Waals surface area contributed by atoms with Gasteiger partial charge in [0.15, 0.2) is 5.96 Å². The fourth-order valence-electron chi connectivity index (χ4n) is 2.50. The fourth-order valence-corrected chi connectivity index (χ4v) is 2.50. The van der Waals surface area contributed by atoms with E-state index in [1.165, 1.54) is 24.8 Å². The first-order valence-electron chi connectivity index (χ1n) is 7.94. The molecule has 1 fully saturated rings. The van der Waals surface area contributed by atoms with E-state index in [0.717, 1.165) is 18.8 Å². The van der Waals surface area contributed by atoms with Gasteiger partial charge < -0.3 is 15.4 Å². The van der Waals surface area contributed by atoms with Crippen LogP contribution in [0.2, 0.25) is 0 Å². The van der Waals surface area contributed by atoms with Gasteiger partial charge >= 0.3 is 0 Å². The van der Waals surface area contributed by atoms with Gasteiger partial charge in [-0.25, -0.2) is 4.99 Å². The summed E-state index contributed by atoms with van der Waals surface area (Å²) in [6, 6.07) is 8.27. The maximum atomic E-state index is 6.00. The van der Waals surface area contributed by atoms with Gasteiger partial charge in [-0.05, 0) is 42.9 Å². The first-order valence-corrected chi connectivity index (χ1v) is 7.94. The van der Waals surface area contributed by atoms with Crippen LogP contribution in [0.4, 0.5) is 0 Å². The van der Waals surface area contributed by atoms with E-state index in [1.54, 1.807) is 0 Å². The van der Waals surface area contributed by atoms with Gasteiger partial charge in [0.1, 0.15) is 12.4 Å². The molecule has 1 aromatic carbocycles. The van der Waals surface area contributed by atoms with Crippen LogP contribution in [0.1, 0.15) is 44.6 Å². The van der Waals surface area contributed by atoms with E-state index >= 15 is 0 Å². The minimum absolute atomic E-state index is 0. The van der Waals surface area contributed by atoms with Gasteiger partial charge in [-0.2, -0.15) is 0 Å². The molecule has 2 rings (SSSR count). The number of ether oxygens (including phenoxy) is 1. The number of halogens is 1. The zero-order valence-corrected chi connectivity index (χ0v) is 16.0. The van der Waals surface area contributed by atoms with Crippen LogP contribution in [0.15, 0.2) is 29.3 Å². The maximum Gasteiger partial charge on any atom is 0.191 e. The van der Waals surface area contributed by atoms with Crippen molar-refractivity contribution in [1.82, 2.24) is 4.90 Å². The Morgan fingerprint density at radius 1 is 1.18 bits per heavy atom. The van der Waals surface area contributed by atoms with Gasteiger partial charge in [-0.1, -0.05) is 26.0 Å². The normalized spacial score (nSPS) is 15.6. The van der Waals surface area contributed by atoms with Gasteiger partial charge in [0.2, 0.25) is 0 Å². The number of rotatable bonds is 5. The number of nitrogens with zero attached hydrogens (tertiary/aromatic N) is 2. The molecule has 124 valence electrons. The lowest BCUT2D eigenvalue weighted by molar-refractivity contribution is 0.321. The second-order valence-corrected chi connectivity index (χ2v) is 5.86. The van der Waals surface area contributed by atoms with Crippen LogP contribution in [-0.4, -0.2) is 37.1 Å². The maximum absolute atomic E-state index is 6.00. The number of guanidine groups is 1. The molecule has 1 heterocycles. The van der Waals surface area contributed by atoms with Gasteiger partial charge in [-0.3, -0.25) is 0 Å². The second kappa shape index (κ2) is 9.92. The lowest BCUT2D eigenvalue weighted by Gasteiger charge is -2.27. The van der Waals surface area contributed by atoms with Gasteiger partial charge in [0, 0.05) is 13.1 Å². The molecule has 5 heteroatoms. The third kappa shape index (κ3) is 6.02. The van der Waals surface area contributed by atoms with Crippen molar-refractivity contribution in [3.63, 3.8) is 0 Å². The molecule has 0 unspecified atom stereocenters. The molecule has 22 heavy (non-hydrogen) atoms. The minimum Gasteiger partial charge on any atom is -0.492 e. The first-order chi connectivity index (χ1) is 10.2. The standard InChI is InChI=1S/C17H27N3O.HI/c1-14(2)15-6-8-16(9-7-15)21-13-10-19-17(18)20-11-4-3-5-12-20;/h6-9,14H,3-5,10-13H2,1-2H3,(H2,18,19);1H. The third-order valence-electron chi connectivity index (χ3n) is 3.86. The zero-order chi connectivity index (χ0) is 15.1. The molecular formula is C17H28IN3O. The number of nitrogens with two attached hydrogens (primary N) is 1. The Morgan fingerprint density at radius 2 is 1.82 bits per heavy atom. The van der Waals surface area contributed by atoms with E-state index < -0.39 is 0 Å². The predicted octanol–water partition coefficient (Wildman–Crippen LogP) is 3.61. The molecule has 0 amide bonds. The molecule has 0 aromatic heterocycles. The van der Waals surface area contributed by atoms with Crippen LogP contribution in [0.25, 0.3) is 0 Å². The summed E-state index contributed by atoms with van der Waals surface area (Å²) in [5.74, 6) is 2.10. The second-order valence-electron chi connectivity index (χ2n) is 5.86. The van der Waals surface area contributed by atoms with Gasteiger partial charge in [0.25, 0.3) is 0 Å². The highest BCUT2D eigenvalue weighted by Crippen LogP contribution is 2.18. The molecule has 0 saturated carbocycles. The topological polar surface area (TPSA) is 50.9 Å². The quantitative estimate of drug-likeness (QED) is 0.345. The van der Waals surface area contributed by atoms with Crippen molar-refractivity contribution in [2.24, 2.45) is 10.7 Å². The first kappa shape index (κ1) is 19.1. The Labute approximate surface area is 151 Å². The van der Waals surface area contributed by atoms with Gasteiger partial charge in [-0.15, -0.1) is 24.0 Å². The molecule has 2 N–H and O–H groups in total. The monoisotopic (exact) mass is 417 g/mol. The summed E-state index contributed by atoms with van der Waals surface area (Å²) in [5.41, 5.74) is 7.33. The summed E-state index contributed by atoms with van der Waals surface area (Å²) in [6.45, 7) is 7.62. The van der Waals surface area contributed by atoms with Gasteiger partial charge in [0.05, 0.1) is 6.54 Å². The molecule has 0 atom stereocenters. The number of hydrogen-bond acceptors (Lipinski definition) is 2. The molecule has 0 radical (unpaired) electrons. The summed E-state index contributed by atoms with van der Waals surface area (Å²) in [6.07, 6.45) is 3.74. The molecule has 0 spiro atoms. The average Bonchev–Trinajstić information content (AvgIpc) is 2.52. The fraction of sp³-hybridized carbons (Fsp3) is 0.588. The van der Waals surface area contributed by atoms with Crippen LogP contribution < -0.4 is 10.5 Å². The Morgan fingerprint density at radius 3 is 2.41 bits per heavy atom. The average molecular weight is 417 g/mol. The SMILES string of the molecule is CC(C)c1ccc(OCCN=C(N)N2CCCCC2)cc1.I. The summed E-state index contributed by atoms with van der Waals surface area (Å²) in [4.78, 5) is 6.57. The van der Waals surface area contributed by atoms with Crippen molar-refractivity contribution in [1.29, 1.82) is 0 Å². The lowest BCUT2D eigenvalue weighted by Crippen LogP contribution is -2.41. The van der Waals surface area contributed by atoms with Crippen molar-refractivity contribution in [2.45, 2.75) is 39.0 Å². The molecule has 1 aliphatic rings. The van der Waals surface area contributed by atoms with Crippen molar-refractivity contribution in [3.05, 3.63) is 29.8 Å². The largest absolute Gasteiger partial charge is 0.492 e. The van der Waals surface area contributed by atoms with Crippen molar-refractivity contribution in [2.75, 3.05) is 26.2 Å². The molecule has 1 aromatic rings. The van der Waals surface area contributed by atoms with Crippen LogP contribution >= 0.6 is 24.0 Å². The number of benzene rings is 1. The van der Waals surface area contributed by atoms with Crippen LogP contribution in [0.3, 0.4) is 0 Å². The van der Waals surface area contributed by atoms with E-state index in [-0.39, 0.29) is 24.0 Å². The number of likely N-dealkylation sites (tertiary alicyclic amines) is 1. The van der Waals surface area contributed by atoms with Crippen molar-refractivity contribution < 1.29 is 4.74 Å². The Bertz CT molecular complexity index is 453. The molecule has 1 aliphatic heterocycles. The highest BCUT2D eigenvalue weighted by atomic mass is 127. The summed E-state index contributed by atoms with van der Waals surface area (Å²) in [7, 11) is 0. The third-order valence-corrected chi connectivity index (χ3v) is 3.86. The summed E-state index contributed by atoms with van der Waals surface area (Å²) in [5, 5.41) is 0. The summed E-state index contributed by atoms with van der Waals surface area (Å²) < 4.78 is 5.70. The minimum atomic E-state index is 0. The lowest BCUT2D eigenvalue weighted by atomic mass is 10.0. The molecule has 0 bridgehead atoms. The van der Waals surface area contributed by atoms with E-state index in [2.05, 4.69) is 35.9 Å². The molecular weight excluding hydrogens is 389 g/mol. The van der Waals surface area contributed by atoms with E-state index in [4.69, 9.17) is 10.5 Å². The van der Waals surface area contributed by atoms with Crippen LogP contribution in [0.5, 0.6) is 5.75 Å². The molecule has 4 nitrogen and oxygen atoms in total. The molecule has 0 aliphatic carbocycles. The highest BCUT2D eigenvalue weighted by Gasteiger charge is 2.11. The highest BCUT2D eigenvalue weighted by molar-refractivity contribution is 14.0. The van der Waals surface area contributed by atoms with Crippen molar-refractivity contribution >= 4 is 29.9 Å². The number of hydrogen-bond donors (Lipinski definition) is 1. The predicted molar refractivity (Wildman–Crippen MR) is 103 cm³/mol. The van der Waals surface area contributed by atoms with Crippen LogP contribution in [-0.2, 0) is 0 Å². The van der Waals surface area contributed by atoms with E-state index in [0.29, 0.717) is 25.0 Å². The number of aliphatic imine (C=N–C) groups is 1. The summed E-state index contributed by atoms with van der Waals surface area (Å²) >= 11 is 0. The van der Waals surface area contributed by atoms with E-state index in [1.807, 2.05) is 12.1 Å². The number of piperidine rings is 1. The smallest absolute Gasteiger partial charge is 0.191 e. The zero-order valence-electron chi connectivity index (χ0n) is 13.6. The Hall–Kier alpha value is -0.980. The van der Waals surface area contributed by atoms with Crippen LogP contribution in [0, 0.1) is 0 Å².